The highest BCUT2D eigenvalue weighted by atomic mass is 32.2. The average Bonchev–Trinajstić information content (AvgIpc) is 2.99. The van der Waals surface area contributed by atoms with Crippen molar-refractivity contribution in [2.45, 2.75) is 6.18 Å². The van der Waals surface area contributed by atoms with Gasteiger partial charge in [0.25, 0.3) is 5.24 Å². The van der Waals surface area contributed by atoms with Crippen LogP contribution in [0.15, 0.2) is 48.5 Å². The van der Waals surface area contributed by atoms with Crippen molar-refractivity contribution in [2.75, 3.05) is 24.2 Å². The third-order valence-electron chi connectivity index (χ3n) is 3.87. The number of amides is 2. The van der Waals surface area contributed by atoms with Gasteiger partial charge < -0.3 is 10.2 Å². The number of alkyl halides is 3. The Bertz CT molecular complexity index is 822. The molecule has 0 radical (unpaired) electrons. The highest BCUT2D eigenvalue weighted by Gasteiger charge is 2.30. The summed E-state index contributed by atoms with van der Waals surface area (Å²) < 4.78 is 38.4. The molecule has 0 saturated carbocycles. The Kier molecular flexibility index (Phi) is 5.22. The summed E-state index contributed by atoms with van der Waals surface area (Å²) in [5.74, 6) is 0.366. The SMILES string of the molecule is O=C(CN1CCSC1=O)Nc1ccc(-c2cccc(C(F)(F)F)c2)cc1. The van der Waals surface area contributed by atoms with Gasteiger partial charge in [-0.05, 0) is 35.4 Å². The van der Waals surface area contributed by atoms with Crippen LogP contribution in [0.3, 0.4) is 0 Å². The largest absolute Gasteiger partial charge is 0.416 e. The Morgan fingerprint density at radius 1 is 1.12 bits per heavy atom. The molecular weight excluding hydrogens is 365 g/mol. The molecule has 1 aliphatic heterocycles. The number of rotatable bonds is 4. The topological polar surface area (TPSA) is 49.4 Å². The van der Waals surface area contributed by atoms with Gasteiger partial charge in [-0.2, -0.15) is 13.2 Å². The molecule has 0 aromatic heterocycles. The van der Waals surface area contributed by atoms with E-state index in [1.807, 2.05) is 0 Å². The summed E-state index contributed by atoms with van der Waals surface area (Å²) in [6, 6.07) is 11.6. The summed E-state index contributed by atoms with van der Waals surface area (Å²) in [5, 5.41) is 2.57. The highest BCUT2D eigenvalue weighted by Crippen LogP contribution is 2.32. The van der Waals surface area contributed by atoms with Crippen LogP contribution in [0, 0.1) is 0 Å². The number of anilines is 1. The van der Waals surface area contributed by atoms with Crippen molar-refractivity contribution in [1.29, 1.82) is 0 Å². The lowest BCUT2D eigenvalue weighted by Gasteiger charge is -2.14. The monoisotopic (exact) mass is 380 g/mol. The molecule has 8 heteroatoms. The Labute approximate surface area is 152 Å². The van der Waals surface area contributed by atoms with E-state index < -0.39 is 11.7 Å². The van der Waals surface area contributed by atoms with Crippen molar-refractivity contribution in [3.8, 4) is 11.1 Å². The number of carbonyl (C=O) groups excluding carboxylic acids is 2. The zero-order valence-electron chi connectivity index (χ0n) is 13.5. The molecular formula is C18H15F3N2O2S. The molecule has 0 aliphatic carbocycles. The Hall–Kier alpha value is -2.48. The van der Waals surface area contributed by atoms with Crippen LogP contribution in [0.25, 0.3) is 11.1 Å². The van der Waals surface area contributed by atoms with Gasteiger partial charge in [0.05, 0.1) is 5.56 Å². The molecule has 1 aliphatic rings. The minimum Gasteiger partial charge on any atom is -0.325 e. The zero-order valence-corrected chi connectivity index (χ0v) is 14.4. The molecule has 3 rings (SSSR count). The van der Waals surface area contributed by atoms with E-state index in [1.54, 1.807) is 30.3 Å². The van der Waals surface area contributed by atoms with E-state index in [1.165, 1.54) is 22.7 Å². The minimum absolute atomic E-state index is 0.0127. The Morgan fingerprint density at radius 2 is 1.85 bits per heavy atom. The summed E-state index contributed by atoms with van der Waals surface area (Å²) in [6.07, 6.45) is -4.39. The van der Waals surface area contributed by atoms with E-state index in [-0.39, 0.29) is 17.7 Å². The van der Waals surface area contributed by atoms with E-state index >= 15 is 0 Å². The van der Waals surface area contributed by atoms with Crippen LogP contribution in [0.1, 0.15) is 5.56 Å². The van der Waals surface area contributed by atoms with Crippen molar-refractivity contribution >= 4 is 28.6 Å². The number of hydrogen-bond acceptors (Lipinski definition) is 3. The van der Waals surface area contributed by atoms with Gasteiger partial charge in [-0.15, -0.1) is 0 Å². The van der Waals surface area contributed by atoms with Crippen molar-refractivity contribution in [3.05, 3.63) is 54.1 Å². The van der Waals surface area contributed by atoms with Crippen molar-refractivity contribution in [1.82, 2.24) is 4.90 Å². The summed E-state index contributed by atoms with van der Waals surface area (Å²) >= 11 is 1.18. The molecule has 0 atom stereocenters. The molecule has 136 valence electrons. The number of hydrogen-bond donors (Lipinski definition) is 1. The second-order valence-electron chi connectivity index (χ2n) is 5.74. The molecule has 0 unspecified atom stereocenters. The summed E-state index contributed by atoms with van der Waals surface area (Å²) in [7, 11) is 0. The van der Waals surface area contributed by atoms with Gasteiger partial charge in [-0.1, -0.05) is 36.0 Å². The number of thioether (sulfide) groups is 1. The second-order valence-corrected chi connectivity index (χ2v) is 6.79. The first-order chi connectivity index (χ1) is 12.3. The number of halogens is 3. The molecule has 1 heterocycles. The predicted molar refractivity (Wildman–Crippen MR) is 94.9 cm³/mol. The number of benzene rings is 2. The van der Waals surface area contributed by atoms with Gasteiger partial charge in [-0.25, -0.2) is 0 Å². The van der Waals surface area contributed by atoms with E-state index in [0.29, 0.717) is 29.1 Å². The molecule has 1 N–H and O–H groups in total. The molecule has 0 spiro atoms. The average molecular weight is 380 g/mol. The normalized spacial score (nSPS) is 14.6. The molecule has 1 fully saturated rings. The number of nitrogens with zero attached hydrogens (tertiary/aromatic N) is 1. The maximum Gasteiger partial charge on any atom is 0.416 e. The third-order valence-corrected chi connectivity index (χ3v) is 4.76. The van der Waals surface area contributed by atoms with Crippen LogP contribution < -0.4 is 5.32 Å². The van der Waals surface area contributed by atoms with Crippen LogP contribution in [0.5, 0.6) is 0 Å². The first-order valence-electron chi connectivity index (χ1n) is 7.82. The van der Waals surface area contributed by atoms with Crippen molar-refractivity contribution in [2.24, 2.45) is 0 Å². The standard InChI is InChI=1S/C18H15F3N2O2S/c19-18(20,21)14-3-1-2-13(10-14)12-4-6-15(7-5-12)22-16(24)11-23-8-9-26-17(23)25/h1-7,10H,8-9,11H2,(H,22,24). The maximum atomic E-state index is 12.8. The fraction of sp³-hybridized carbons (Fsp3) is 0.222. The van der Waals surface area contributed by atoms with Crippen LogP contribution in [0.2, 0.25) is 0 Å². The third kappa shape index (κ3) is 4.37. The van der Waals surface area contributed by atoms with Gasteiger partial charge in [0.1, 0.15) is 6.54 Å². The number of carbonyl (C=O) groups is 2. The molecule has 2 amide bonds. The van der Waals surface area contributed by atoms with Gasteiger partial charge in [-0.3, -0.25) is 9.59 Å². The highest BCUT2D eigenvalue weighted by molar-refractivity contribution is 8.13. The van der Waals surface area contributed by atoms with Crippen molar-refractivity contribution < 1.29 is 22.8 Å². The summed E-state index contributed by atoms with van der Waals surface area (Å²) in [6.45, 7) is 0.534. The van der Waals surface area contributed by atoms with Crippen LogP contribution in [0.4, 0.5) is 23.7 Å². The zero-order chi connectivity index (χ0) is 18.7. The Balaban J connectivity index is 1.67. The van der Waals surface area contributed by atoms with Crippen LogP contribution >= 0.6 is 11.8 Å². The smallest absolute Gasteiger partial charge is 0.325 e. The van der Waals surface area contributed by atoms with Crippen LogP contribution in [-0.2, 0) is 11.0 Å². The molecule has 1 saturated heterocycles. The van der Waals surface area contributed by atoms with Gasteiger partial charge in [0.2, 0.25) is 5.91 Å². The lowest BCUT2D eigenvalue weighted by atomic mass is 10.0. The van der Waals surface area contributed by atoms with E-state index in [2.05, 4.69) is 5.32 Å². The lowest BCUT2D eigenvalue weighted by Crippen LogP contribution is -2.33. The predicted octanol–water partition coefficient (Wildman–Crippen LogP) is 4.48. The van der Waals surface area contributed by atoms with Crippen LogP contribution in [-0.4, -0.2) is 34.9 Å². The fourth-order valence-corrected chi connectivity index (χ4v) is 3.39. The second kappa shape index (κ2) is 7.41. The molecule has 2 aromatic carbocycles. The number of nitrogens with one attached hydrogen (secondary N) is 1. The maximum absolute atomic E-state index is 12.8. The van der Waals surface area contributed by atoms with E-state index in [9.17, 15) is 22.8 Å². The molecule has 26 heavy (non-hydrogen) atoms. The first kappa shape index (κ1) is 18.3. The molecule has 2 aromatic rings. The van der Waals surface area contributed by atoms with Gasteiger partial charge in [0.15, 0.2) is 0 Å². The summed E-state index contributed by atoms with van der Waals surface area (Å²) in [5.41, 5.74) is 0.864. The molecule has 4 nitrogen and oxygen atoms in total. The quantitative estimate of drug-likeness (QED) is 0.851. The fourth-order valence-electron chi connectivity index (χ4n) is 2.56. The van der Waals surface area contributed by atoms with Gasteiger partial charge in [0, 0.05) is 18.0 Å². The lowest BCUT2D eigenvalue weighted by molar-refractivity contribution is -0.137. The molecule has 0 bridgehead atoms. The Morgan fingerprint density at radius 3 is 2.46 bits per heavy atom. The minimum atomic E-state index is -4.39. The van der Waals surface area contributed by atoms with E-state index in [0.717, 1.165) is 12.1 Å². The van der Waals surface area contributed by atoms with E-state index in [4.69, 9.17) is 0 Å². The first-order valence-corrected chi connectivity index (χ1v) is 8.81. The van der Waals surface area contributed by atoms with Gasteiger partial charge >= 0.3 is 6.18 Å². The summed E-state index contributed by atoms with van der Waals surface area (Å²) in [4.78, 5) is 24.9. The van der Waals surface area contributed by atoms with Crippen molar-refractivity contribution in [3.63, 3.8) is 0 Å².